The van der Waals surface area contributed by atoms with Gasteiger partial charge in [0, 0.05) is 10.0 Å². The first-order valence-corrected chi connectivity index (χ1v) is 9.47. The number of aldehydes is 1. The number of unbranched alkanes of at least 4 members (excludes halogenated alkanes) is 3. The molecule has 2 rings (SSSR count). The van der Waals surface area contributed by atoms with Crippen molar-refractivity contribution in [3.8, 4) is 11.5 Å². The van der Waals surface area contributed by atoms with Crippen LogP contribution in [0.3, 0.4) is 0 Å². The minimum Gasteiger partial charge on any atom is -0.494 e. The molecule has 0 aliphatic heterocycles. The summed E-state index contributed by atoms with van der Waals surface area (Å²) in [6, 6.07) is 11.3. The summed E-state index contributed by atoms with van der Waals surface area (Å²) in [6.45, 7) is 5.60. The molecule has 134 valence electrons. The van der Waals surface area contributed by atoms with Crippen LogP contribution in [0.15, 0.2) is 40.9 Å². The summed E-state index contributed by atoms with van der Waals surface area (Å²) in [5, 5.41) is 0. The molecular weight excluding hydrogens is 380 g/mol. The predicted molar refractivity (Wildman–Crippen MR) is 105 cm³/mol. The van der Waals surface area contributed by atoms with E-state index in [1.807, 2.05) is 12.1 Å². The maximum absolute atomic E-state index is 10.6. The summed E-state index contributed by atoms with van der Waals surface area (Å²) >= 11 is 3.57. The topological polar surface area (TPSA) is 35.5 Å². The number of carbonyl (C=O) groups excluding carboxylic acids is 1. The predicted octanol–water partition coefficient (Wildman–Crippen LogP) is 5.90. The maximum atomic E-state index is 10.6. The van der Waals surface area contributed by atoms with Crippen molar-refractivity contribution < 1.29 is 14.3 Å². The van der Waals surface area contributed by atoms with Crippen LogP contribution in [0.5, 0.6) is 11.5 Å². The Labute approximate surface area is 158 Å². The molecule has 0 fully saturated rings. The zero-order valence-electron chi connectivity index (χ0n) is 14.9. The average molecular weight is 405 g/mol. The molecule has 0 radical (unpaired) electrons. The second-order valence-electron chi connectivity index (χ2n) is 6.17. The molecular formula is C21H25BrO3. The number of hydrogen-bond acceptors (Lipinski definition) is 3. The van der Waals surface area contributed by atoms with Crippen molar-refractivity contribution >= 4 is 22.2 Å². The van der Waals surface area contributed by atoms with Crippen LogP contribution in [-0.4, -0.2) is 19.5 Å². The minimum absolute atomic E-state index is 0.670. The van der Waals surface area contributed by atoms with Crippen molar-refractivity contribution in [2.45, 2.75) is 39.5 Å². The van der Waals surface area contributed by atoms with Gasteiger partial charge in [-0.25, -0.2) is 0 Å². The van der Waals surface area contributed by atoms with E-state index in [-0.39, 0.29) is 0 Å². The van der Waals surface area contributed by atoms with E-state index in [0.29, 0.717) is 12.2 Å². The van der Waals surface area contributed by atoms with Gasteiger partial charge in [-0.2, -0.15) is 0 Å². The van der Waals surface area contributed by atoms with Crippen molar-refractivity contribution in [1.29, 1.82) is 0 Å². The van der Waals surface area contributed by atoms with Gasteiger partial charge in [0.25, 0.3) is 0 Å². The highest BCUT2D eigenvalue weighted by Gasteiger charge is 2.03. The fraction of sp³-hybridized carbons (Fsp3) is 0.381. The van der Waals surface area contributed by atoms with E-state index in [4.69, 9.17) is 9.47 Å². The zero-order chi connectivity index (χ0) is 18.1. The van der Waals surface area contributed by atoms with E-state index < -0.39 is 0 Å². The minimum atomic E-state index is 0.670. The van der Waals surface area contributed by atoms with Crippen LogP contribution in [0, 0.1) is 13.8 Å². The van der Waals surface area contributed by atoms with Gasteiger partial charge in [-0.3, -0.25) is 4.79 Å². The third-order valence-corrected chi connectivity index (χ3v) is 5.25. The first kappa shape index (κ1) is 19.5. The molecule has 0 bridgehead atoms. The number of carbonyl (C=O) groups is 1. The fourth-order valence-electron chi connectivity index (χ4n) is 2.57. The van der Waals surface area contributed by atoms with Gasteiger partial charge >= 0.3 is 0 Å². The fourth-order valence-corrected chi connectivity index (χ4v) is 2.80. The molecule has 0 N–H and O–H groups in total. The summed E-state index contributed by atoms with van der Waals surface area (Å²) in [7, 11) is 0. The smallest absolute Gasteiger partial charge is 0.150 e. The summed E-state index contributed by atoms with van der Waals surface area (Å²) < 4.78 is 12.7. The van der Waals surface area contributed by atoms with Crippen molar-refractivity contribution in [3.05, 3.63) is 57.6 Å². The molecule has 2 aromatic rings. The normalized spacial score (nSPS) is 10.5. The van der Waals surface area contributed by atoms with Crippen LogP contribution in [0.25, 0.3) is 0 Å². The van der Waals surface area contributed by atoms with Crippen LogP contribution >= 0.6 is 15.9 Å². The number of rotatable bonds is 10. The summed E-state index contributed by atoms with van der Waals surface area (Å²) in [5.41, 5.74) is 3.07. The number of aryl methyl sites for hydroxylation is 2. The molecule has 0 saturated carbocycles. The highest BCUT2D eigenvalue weighted by atomic mass is 79.9. The molecule has 0 unspecified atom stereocenters. The van der Waals surface area contributed by atoms with Gasteiger partial charge in [0.1, 0.15) is 17.8 Å². The molecule has 4 heteroatoms. The number of halogens is 1. The van der Waals surface area contributed by atoms with Crippen molar-refractivity contribution in [2.75, 3.05) is 13.2 Å². The van der Waals surface area contributed by atoms with Crippen LogP contribution in [0.1, 0.15) is 47.2 Å². The van der Waals surface area contributed by atoms with Gasteiger partial charge in [-0.15, -0.1) is 0 Å². The largest absolute Gasteiger partial charge is 0.494 e. The van der Waals surface area contributed by atoms with Crippen molar-refractivity contribution in [1.82, 2.24) is 0 Å². The van der Waals surface area contributed by atoms with E-state index in [1.165, 1.54) is 11.1 Å². The molecule has 0 aromatic heterocycles. The Morgan fingerprint density at radius 3 is 1.88 bits per heavy atom. The number of ether oxygens (including phenoxy) is 2. The number of benzene rings is 2. The Hall–Kier alpha value is -1.81. The van der Waals surface area contributed by atoms with Gasteiger partial charge < -0.3 is 9.47 Å². The average Bonchev–Trinajstić information content (AvgIpc) is 2.62. The van der Waals surface area contributed by atoms with Crippen LogP contribution in [-0.2, 0) is 0 Å². The summed E-state index contributed by atoms with van der Waals surface area (Å²) in [6.07, 6.45) is 5.15. The van der Waals surface area contributed by atoms with Gasteiger partial charge in [0.05, 0.1) is 13.2 Å². The lowest BCUT2D eigenvalue weighted by Gasteiger charge is -2.10. The standard InChI is InChI=1S/C21H25BrO3/c1-16-13-20(14-17(2)21(16)22)25-12-6-4-3-5-11-24-19-9-7-18(15-23)8-10-19/h7-10,13-15H,3-6,11-12H2,1-2H3. The lowest BCUT2D eigenvalue weighted by atomic mass is 10.1. The molecule has 0 saturated heterocycles. The molecule has 0 heterocycles. The molecule has 0 spiro atoms. The highest BCUT2D eigenvalue weighted by molar-refractivity contribution is 9.10. The van der Waals surface area contributed by atoms with Crippen LogP contribution in [0.2, 0.25) is 0 Å². The summed E-state index contributed by atoms with van der Waals surface area (Å²) in [5.74, 6) is 1.76. The van der Waals surface area contributed by atoms with E-state index in [0.717, 1.165) is 54.5 Å². The highest BCUT2D eigenvalue weighted by Crippen LogP contribution is 2.26. The Bertz CT molecular complexity index is 657. The molecule has 0 aliphatic carbocycles. The summed E-state index contributed by atoms with van der Waals surface area (Å²) in [4.78, 5) is 10.6. The molecule has 0 atom stereocenters. The lowest BCUT2D eigenvalue weighted by Crippen LogP contribution is -2.00. The van der Waals surface area contributed by atoms with Gasteiger partial charge in [-0.1, -0.05) is 15.9 Å². The molecule has 2 aromatic carbocycles. The van der Waals surface area contributed by atoms with Crippen molar-refractivity contribution in [2.24, 2.45) is 0 Å². The third-order valence-electron chi connectivity index (χ3n) is 4.00. The SMILES string of the molecule is Cc1cc(OCCCCCCOc2ccc(C=O)cc2)cc(C)c1Br. The van der Waals surface area contributed by atoms with Gasteiger partial charge in [0.15, 0.2) is 0 Å². The lowest BCUT2D eigenvalue weighted by molar-refractivity contribution is 0.112. The Kier molecular flexibility index (Phi) is 7.99. The third kappa shape index (κ3) is 6.54. The molecule has 25 heavy (non-hydrogen) atoms. The first-order valence-electron chi connectivity index (χ1n) is 8.68. The first-order chi connectivity index (χ1) is 12.1. The van der Waals surface area contributed by atoms with Gasteiger partial charge in [0.2, 0.25) is 0 Å². The quantitative estimate of drug-likeness (QED) is 0.365. The maximum Gasteiger partial charge on any atom is 0.150 e. The van der Waals surface area contributed by atoms with Gasteiger partial charge in [-0.05, 0) is 87.1 Å². The number of hydrogen-bond donors (Lipinski definition) is 0. The second kappa shape index (κ2) is 10.2. The Morgan fingerprint density at radius 2 is 1.36 bits per heavy atom. The van der Waals surface area contributed by atoms with E-state index in [2.05, 4.69) is 41.9 Å². The van der Waals surface area contributed by atoms with Crippen LogP contribution < -0.4 is 9.47 Å². The Morgan fingerprint density at radius 1 is 0.840 bits per heavy atom. The second-order valence-corrected chi connectivity index (χ2v) is 6.96. The zero-order valence-corrected chi connectivity index (χ0v) is 16.5. The van der Waals surface area contributed by atoms with Crippen LogP contribution in [0.4, 0.5) is 0 Å². The molecule has 0 amide bonds. The monoisotopic (exact) mass is 404 g/mol. The van der Waals surface area contributed by atoms with E-state index >= 15 is 0 Å². The molecule has 3 nitrogen and oxygen atoms in total. The van der Waals surface area contributed by atoms with E-state index in [1.54, 1.807) is 12.1 Å². The van der Waals surface area contributed by atoms with Crippen molar-refractivity contribution in [3.63, 3.8) is 0 Å². The van der Waals surface area contributed by atoms with E-state index in [9.17, 15) is 4.79 Å². The Balaban J connectivity index is 1.55. The molecule has 0 aliphatic rings.